The lowest BCUT2D eigenvalue weighted by molar-refractivity contribution is 1.09. The Balaban J connectivity index is 2.40. The molecule has 0 saturated heterocycles. The molecule has 0 aromatic carbocycles. The fourth-order valence-corrected chi connectivity index (χ4v) is 1.47. The van der Waals surface area contributed by atoms with E-state index in [9.17, 15) is 0 Å². The number of aromatic nitrogens is 3. The minimum absolute atomic E-state index is 0.663. The van der Waals surface area contributed by atoms with Crippen molar-refractivity contribution in [1.82, 2.24) is 15.0 Å². The van der Waals surface area contributed by atoms with Crippen LogP contribution in [0.4, 0.5) is 5.82 Å². The van der Waals surface area contributed by atoms with Gasteiger partial charge in [0.05, 0.1) is 0 Å². The Labute approximate surface area is 94.8 Å². The first-order valence-corrected chi connectivity index (χ1v) is 5.30. The predicted molar refractivity (Wildman–Crippen MR) is 64.2 cm³/mol. The molecule has 0 atom stereocenters. The standard InChI is InChI=1S/C12H14N4/c1-3-13-10-6-8-15-12(16-10)11-9(2)5-4-7-14-11/h4-8H,3H2,1-2H3,(H,13,15,16). The molecule has 0 aliphatic rings. The minimum atomic E-state index is 0.663. The quantitative estimate of drug-likeness (QED) is 0.851. The van der Waals surface area contributed by atoms with Crippen LogP contribution in [-0.2, 0) is 0 Å². The van der Waals surface area contributed by atoms with E-state index in [1.807, 2.05) is 32.0 Å². The number of anilines is 1. The fraction of sp³-hybridized carbons (Fsp3) is 0.250. The number of nitrogens with zero attached hydrogens (tertiary/aromatic N) is 3. The molecule has 2 aromatic heterocycles. The summed E-state index contributed by atoms with van der Waals surface area (Å²) >= 11 is 0. The van der Waals surface area contributed by atoms with E-state index in [0.717, 1.165) is 23.6 Å². The van der Waals surface area contributed by atoms with Gasteiger partial charge in [-0.05, 0) is 31.5 Å². The van der Waals surface area contributed by atoms with Gasteiger partial charge in [0.1, 0.15) is 11.5 Å². The highest BCUT2D eigenvalue weighted by atomic mass is 15.0. The summed E-state index contributed by atoms with van der Waals surface area (Å²) in [5.74, 6) is 1.49. The average molecular weight is 214 g/mol. The first kappa shape index (κ1) is 10.5. The van der Waals surface area contributed by atoms with Crippen molar-refractivity contribution in [2.75, 3.05) is 11.9 Å². The van der Waals surface area contributed by atoms with E-state index in [4.69, 9.17) is 0 Å². The predicted octanol–water partition coefficient (Wildman–Crippen LogP) is 2.28. The van der Waals surface area contributed by atoms with Crippen LogP contribution >= 0.6 is 0 Å². The summed E-state index contributed by atoms with van der Waals surface area (Å²) in [5, 5.41) is 3.16. The third-order valence-electron chi connectivity index (χ3n) is 2.23. The van der Waals surface area contributed by atoms with E-state index in [1.165, 1.54) is 0 Å². The van der Waals surface area contributed by atoms with Crippen LogP contribution in [0.5, 0.6) is 0 Å². The summed E-state index contributed by atoms with van der Waals surface area (Å²) < 4.78 is 0. The number of hydrogen-bond acceptors (Lipinski definition) is 4. The Morgan fingerprint density at radius 3 is 2.81 bits per heavy atom. The Hall–Kier alpha value is -1.97. The lowest BCUT2D eigenvalue weighted by Crippen LogP contribution is -2.01. The summed E-state index contributed by atoms with van der Waals surface area (Å²) in [5.41, 5.74) is 1.92. The van der Waals surface area contributed by atoms with Gasteiger partial charge >= 0.3 is 0 Å². The third kappa shape index (κ3) is 2.16. The zero-order chi connectivity index (χ0) is 11.4. The first-order chi connectivity index (χ1) is 7.81. The number of pyridine rings is 1. The second-order valence-electron chi connectivity index (χ2n) is 3.46. The smallest absolute Gasteiger partial charge is 0.180 e. The molecule has 0 aliphatic carbocycles. The van der Waals surface area contributed by atoms with Gasteiger partial charge < -0.3 is 5.32 Å². The number of hydrogen-bond donors (Lipinski definition) is 1. The Morgan fingerprint density at radius 1 is 1.19 bits per heavy atom. The summed E-state index contributed by atoms with van der Waals surface area (Å²) in [6.45, 7) is 4.89. The molecule has 0 aliphatic heterocycles. The van der Waals surface area contributed by atoms with Crippen LogP contribution in [0.1, 0.15) is 12.5 Å². The fourth-order valence-electron chi connectivity index (χ4n) is 1.47. The zero-order valence-corrected chi connectivity index (χ0v) is 9.44. The monoisotopic (exact) mass is 214 g/mol. The van der Waals surface area contributed by atoms with Crippen LogP contribution < -0.4 is 5.32 Å². The van der Waals surface area contributed by atoms with E-state index in [2.05, 4.69) is 20.3 Å². The van der Waals surface area contributed by atoms with E-state index in [-0.39, 0.29) is 0 Å². The molecular weight excluding hydrogens is 200 g/mol. The molecule has 0 spiro atoms. The van der Waals surface area contributed by atoms with E-state index >= 15 is 0 Å². The van der Waals surface area contributed by atoms with E-state index < -0.39 is 0 Å². The summed E-state index contributed by atoms with van der Waals surface area (Å²) in [4.78, 5) is 12.9. The van der Waals surface area contributed by atoms with E-state index in [1.54, 1.807) is 12.4 Å². The maximum atomic E-state index is 4.41. The second-order valence-corrected chi connectivity index (χ2v) is 3.46. The third-order valence-corrected chi connectivity index (χ3v) is 2.23. The van der Waals surface area contributed by atoms with Crippen molar-refractivity contribution >= 4 is 5.82 Å². The normalized spacial score (nSPS) is 10.1. The Kier molecular flexibility index (Phi) is 3.10. The van der Waals surface area contributed by atoms with Crippen molar-refractivity contribution in [1.29, 1.82) is 0 Å². The van der Waals surface area contributed by atoms with Gasteiger partial charge in [0.25, 0.3) is 0 Å². The molecule has 0 radical (unpaired) electrons. The molecule has 0 saturated carbocycles. The molecule has 2 aromatic rings. The molecule has 2 rings (SSSR count). The van der Waals surface area contributed by atoms with Crippen LogP contribution in [0.25, 0.3) is 11.5 Å². The summed E-state index contributed by atoms with van der Waals surface area (Å²) in [6, 6.07) is 5.77. The van der Waals surface area contributed by atoms with Gasteiger partial charge in [-0.3, -0.25) is 4.98 Å². The Bertz CT molecular complexity index is 482. The van der Waals surface area contributed by atoms with Crippen LogP contribution in [0, 0.1) is 6.92 Å². The highest BCUT2D eigenvalue weighted by Gasteiger charge is 2.06. The van der Waals surface area contributed by atoms with E-state index in [0.29, 0.717) is 5.82 Å². The first-order valence-electron chi connectivity index (χ1n) is 5.30. The van der Waals surface area contributed by atoms with Crippen LogP contribution in [0.15, 0.2) is 30.6 Å². The van der Waals surface area contributed by atoms with Gasteiger partial charge in [-0.25, -0.2) is 9.97 Å². The molecule has 16 heavy (non-hydrogen) atoms. The van der Waals surface area contributed by atoms with Crippen LogP contribution in [0.3, 0.4) is 0 Å². The highest BCUT2D eigenvalue weighted by Crippen LogP contribution is 2.17. The topological polar surface area (TPSA) is 50.7 Å². The van der Waals surface area contributed by atoms with Gasteiger partial charge in [0, 0.05) is 18.9 Å². The van der Waals surface area contributed by atoms with Gasteiger partial charge in [-0.1, -0.05) is 6.07 Å². The second kappa shape index (κ2) is 4.70. The van der Waals surface area contributed by atoms with Gasteiger partial charge in [0.15, 0.2) is 5.82 Å². The molecule has 4 nitrogen and oxygen atoms in total. The van der Waals surface area contributed by atoms with Crippen molar-refractivity contribution in [3.8, 4) is 11.5 Å². The number of aryl methyl sites for hydroxylation is 1. The van der Waals surface area contributed by atoms with Gasteiger partial charge in [-0.2, -0.15) is 0 Å². The van der Waals surface area contributed by atoms with Gasteiger partial charge in [0.2, 0.25) is 0 Å². The van der Waals surface area contributed by atoms with Crippen molar-refractivity contribution in [2.24, 2.45) is 0 Å². The largest absolute Gasteiger partial charge is 0.370 e. The summed E-state index contributed by atoms with van der Waals surface area (Å²) in [7, 11) is 0. The van der Waals surface area contributed by atoms with Crippen molar-refractivity contribution < 1.29 is 0 Å². The van der Waals surface area contributed by atoms with Crippen LogP contribution in [0.2, 0.25) is 0 Å². The number of nitrogens with one attached hydrogen (secondary N) is 1. The van der Waals surface area contributed by atoms with Crippen molar-refractivity contribution in [3.05, 3.63) is 36.2 Å². The molecule has 0 bridgehead atoms. The lowest BCUT2D eigenvalue weighted by Gasteiger charge is -2.05. The minimum Gasteiger partial charge on any atom is -0.370 e. The molecule has 0 amide bonds. The van der Waals surface area contributed by atoms with Crippen molar-refractivity contribution in [3.63, 3.8) is 0 Å². The zero-order valence-electron chi connectivity index (χ0n) is 9.44. The molecule has 0 fully saturated rings. The number of rotatable bonds is 3. The lowest BCUT2D eigenvalue weighted by atomic mass is 10.2. The molecule has 82 valence electrons. The SMILES string of the molecule is CCNc1ccnc(-c2ncccc2C)n1. The van der Waals surface area contributed by atoms with Gasteiger partial charge in [-0.15, -0.1) is 0 Å². The molecular formula is C12H14N4. The average Bonchev–Trinajstić information content (AvgIpc) is 2.30. The molecule has 4 heteroatoms. The molecule has 1 N–H and O–H groups in total. The summed E-state index contributed by atoms with van der Waals surface area (Å²) in [6.07, 6.45) is 3.50. The van der Waals surface area contributed by atoms with Crippen LogP contribution in [-0.4, -0.2) is 21.5 Å². The maximum absolute atomic E-state index is 4.41. The maximum Gasteiger partial charge on any atom is 0.180 e. The van der Waals surface area contributed by atoms with Crippen molar-refractivity contribution in [2.45, 2.75) is 13.8 Å². The highest BCUT2D eigenvalue weighted by molar-refractivity contribution is 5.55. The molecule has 0 unspecified atom stereocenters. The molecule has 2 heterocycles. The Morgan fingerprint density at radius 2 is 2.06 bits per heavy atom.